The van der Waals surface area contributed by atoms with Gasteiger partial charge in [0.2, 0.25) is 5.95 Å². The average Bonchev–Trinajstić information content (AvgIpc) is 3.80. The molecular formula is C50H30N4S. The number of pyridine rings is 1. The van der Waals surface area contributed by atoms with Gasteiger partial charge in [0.05, 0.1) is 38.1 Å². The van der Waals surface area contributed by atoms with Crippen molar-refractivity contribution >= 4 is 97.8 Å². The standard InChI is InChI=1S/C50H30N4S/c1-3-13-31(14-4-1)34-18-11-19-35(29-34)53(50-51-46(33-15-5-2-6-16-33)49-47(52-50)41-21-8-10-24-44(41)55-49)36-26-28-38-40-27-25-32-17-12-22-39-37-20-7-9-23-42(37)54(43(38)30-36)48(40)45(32)39/h1-30H. The van der Waals surface area contributed by atoms with Crippen LogP contribution >= 0.6 is 11.3 Å². The summed E-state index contributed by atoms with van der Waals surface area (Å²) in [7, 11) is 0. The Morgan fingerprint density at radius 1 is 0.455 bits per heavy atom. The Bertz CT molecular complexity index is 3440. The summed E-state index contributed by atoms with van der Waals surface area (Å²) in [6.45, 7) is 0. The van der Waals surface area contributed by atoms with Crippen LogP contribution in [-0.4, -0.2) is 14.4 Å². The van der Waals surface area contributed by atoms with E-state index >= 15 is 0 Å². The second-order valence-electron chi connectivity index (χ2n) is 14.2. The van der Waals surface area contributed by atoms with Crippen LogP contribution in [0.5, 0.6) is 0 Å². The van der Waals surface area contributed by atoms with E-state index in [1.54, 1.807) is 11.3 Å². The van der Waals surface area contributed by atoms with Gasteiger partial charge in [0, 0.05) is 42.9 Å². The van der Waals surface area contributed by atoms with E-state index in [9.17, 15) is 0 Å². The first-order valence-electron chi connectivity index (χ1n) is 18.6. The van der Waals surface area contributed by atoms with Crippen LogP contribution in [0.3, 0.4) is 0 Å². The van der Waals surface area contributed by atoms with Crippen molar-refractivity contribution in [3.05, 3.63) is 182 Å². The van der Waals surface area contributed by atoms with Crippen molar-refractivity contribution in [3.63, 3.8) is 0 Å². The highest BCUT2D eigenvalue weighted by molar-refractivity contribution is 7.26. The summed E-state index contributed by atoms with van der Waals surface area (Å²) < 4.78 is 4.76. The van der Waals surface area contributed by atoms with Crippen LogP contribution in [0.4, 0.5) is 17.3 Å². The van der Waals surface area contributed by atoms with Crippen LogP contribution in [-0.2, 0) is 0 Å². The van der Waals surface area contributed by atoms with Gasteiger partial charge in [-0.05, 0) is 58.3 Å². The maximum Gasteiger partial charge on any atom is 0.235 e. The molecule has 4 aromatic heterocycles. The first-order valence-corrected chi connectivity index (χ1v) is 19.4. The summed E-state index contributed by atoms with van der Waals surface area (Å²) in [5.74, 6) is 0.627. The van der Waals surface area contributed by atoms with Crippen LogP contribution < -0.4 is 4.90 Å². The highest BCUT2D eigenvalue weighted by atomic mass is 32.1. The molecule has 0 aliphatic rings. The van der Waals surface area contributed by atoms with Gasteiger partial charge in [-0.25, -0.2) is 9.97 Å². The molecule has 0 N–H and O–H groups in total. The Morgan fingerprint density at radius 3 is 2.00 bits per heavy atom. The van der Waals surface area contributed by atoms with Crippen molar-refractivity contribution < 1.29 is 0 Å². The molecule has 0 amide bonds. The third kappa shape index (κ3) is 4.51. The first-order chi connectivity index (χ1) is 27.3. The lowest BCUT2D eigenvalue weighted by molar-refractivity contribution is 1.12. The molecule has 0 unspecified atom stereocenters. The number of nitrogens with zero attached hydrogens (tertiary/aromatic N) is 4. The molecule has 0 radical (unpaired) electrons. The van der Waals surface area contributed by atoms with Gasteiger partial charge in [0.15, 0.2) is 0 Å². The van der Waals surface area contributed by atoms with Crippen molar-refractivity contribution in [3.8, 4) is 22.4 Å². The number of para-hydroxylation sites is 1. The molecule has 0 bridgehead atoms. The van der Waals surface area contributed by atoms with E-state index in [2.05, 4.69) is 191 Å². The number of hydrogen-bond donors (Lipinski definition) is 0. The Balaban J connectivity index is 1.19. The molecule has 0 aliphatic heterocycles. The van der Waals surface area contributed by atoms with Gasteiger partial charge < -0.3 is 4.40 Å². The van der Waals surface area contributed by atoms with E-state index < -0.39 is 0 Å². The van der Waals surface area contributed by atoms with E-state index in [1.165, 1.54) is 48.1 Å². The SMILES string of the molecule is c1ccc(-c2cccc(N(c3ccc4c5ccc6cccc7c8ccccc8n(c4c3)c5c67)c3nc(-c4ccccc4)c4sc5ccccc5c4n3)c2)cc1. The van der Waals surface area contributed by atoms with Crippen LogP contribution in [0.15, 0.2) is 182 Å². The summed E-state index contributed by atoms with van der Waals surface area (Å²) in [5.41, 5.74) is 10.8. The minimum absolute atomic E-state index is 0.627. The fourth-order valence-corrected chi connectivity index (χ4v) is 9.83. The number of rotatable bonds is 5. The zero-order chi connectivity index (χ0) is 36.0. The van der Waals surface area contributed by atoms with Crippen LogP contribution in [0.25, 0.3) is 91.6 Å². The van der Waals surface area contributed by atoms with Crippen molar-refractivity contribution in [1.82, 2.24) is 14.4 Å². The molecule has 256 valence electrons. The number of aromatic nitrogens is 3. The normalized spacial score (nSPS) is 12.0. The number of anilines is 3. The van der Waals surface area contributed by atoms with E-state index in [4.69, 9.17) is 9.97 Å². The van der Waals surface area contributed by atoms with Crippen molar-refractivity contribution in [2.45, 2.75) is 0 Å². The smallest absolute Gasteiger partial charge is 0.235 e. The number of fused-ring (bicyclic) bond motifs is 9. The summed E-state index contributed by atoms with van der Waals surface area (Å²) in [5, 5.41) is 8.69. The lowest BCUT2D eigenvalue weighted by Gasteiger charge is -2.25. The van der Waals surface area contributed by atoms with Gasteiger partial charge in [-0.2, -0.15) is 0 Å². The fourth-order valence-electron chi connectivity index (χ4n) is 8.68. The van der Waals surface area contributed by atoms with E-state index in [-0.39, 0.29) is 0 Å². The van der Waals surface area contributed by atoms with Gasteiger partial charge in [-0.1, -0.05) is 146 Å². The highest BCUT2D eigenvalue weighted by Gasteiger charge is 2.24. The minimum Gasteiger partial charge on any atom is -0.308 e. The molecule has 0 aliphatic carbocycles. The molecule has 12 aromatic rings. The molecule has 0 saturated heterocycles. The Hall–Kier alpha value is -7.08. The zero-order valence-corrected chi connectivity index (χ0v) is 30.3. The predicted molar refractivity (Wildman–Crippen MR) is 233 cm³/mol. The molecule has 5 heteroatoms. The summed E-state index contributed by atoms with van der Waals surface area (Å²) in [6, 6.07) is 65.3. The average molecular weight is 719 g/mol. The Kier molecular flexibility index (Phi) is 6.47. The third-order valence-corrected chi connectivity index (χ3v) is 12.3. The van der Waals surface area contributed by atoms with Crippen molar-refractivity contribution in [2.75, 3.05) is 4.90 Å². The van der Waals surface area contributed by atoms with Gasteiger partial charge in [-0.15, -0.1) is 11.3 Å². The van der Waals surface area contributed by atoms with Crippen molar-refractivity contribution in [2.24, 2.45) is 0 Å². The zero-order valence-electron chi connectivity index (χ0n) is 29.5. The summed E-state index contributed by atoms with van der Waals surface area (Å²) >= 11 is 1.76. The second-order valence-corrected chi connectivity index (χ2v) is 15.2. The molecular weight excluding hydrogens is 689 g/mol. The molecule has 55 heavy (non-hydrogen) atoms. The molecule has 4 heterocycles. The molecule has 12 rings (SSSR count). The number of hydrogen-bond acceptors (Lipinski definition) is 4. The second kappa shape index (κ2) is 11.7. The van der Waals surface area contributed by atoms with Gasteiger partial charge in [0.25, 0.3) is 0 Å². The Labute approximate surface area is 320 Å². The molecule has 4 nitrogen and oxygen atoms in total. The van der Waals surface area contributed by atoms with Gasteiger partial charge >= 0.3 is 0 Å². The minimum atomic E-state index is 0.627. The maximum atomic E-state index is 5.49. The van der Waals surface area contributed by atoms with Crippen LogP contribution in [0.1, 0.15) is 0 Å². The maximum absolute atomic E-state index is 5.49. The Morgan fingerprint density at radius 2 is 1.13 bits per heavy atom. The molecule has 8 aromatic carbocycles. The monoisotopic (exact) mass is 718 g/mol. The predicted octanol–water partition coefficient (Wildman–Crippen LogP) is 14.0. The lowest BCUT2D eigenvalue weighted by atomic mass is 9.99. The van der Waals surface area contributed by atoms with E-state index in [1.807, 2.05) is 0 Å². The third-order valence-electron chi connectivity index (χ3n) is 11.1. The molecule has 0 saturated carbocycles. The molecule has 0 spiro atoms. The summed E-state index contributed by atoms with van der Waals surface area (Å²) in [4.78, 5) is 13.2. The quantitative estimate of drug-likeness (QED) is 0.131. The first kappa shape index (κ1) is 30.4. The highest BCUT2D eigenvalue weighted by Crippen LogP contribution is 2.45. The van der Waals surface area contributed by atoms with E-state index in [0.29, 0.717) is 5.95 Å². The number of benzene rings is 8. The van der Waals surface area contributed by atoms with Crippen LogP contribution in [0.2, 0.25) is 0 Å². The summed E-state index contributed by atoms with van der Waals surface area (Å²) in [6.07, 6.45) is 0. The van der Waals surface area contributed by atoms with Crippen LogP contribution in [0, 0.1) is 0 Å². The number of thiophene rings is 1. The fraction of sp³-hybridized carbons (Fsp3) is 0. The van der Waals surface area contributed by atoms with Gasteiger partial charge in [-0.3, -0.25) is 4.90 Å². The van der Waals surface area contributed by atoms with Crippen molar-refractivity contribution in [1.29, 1.82) is 0 Å². The molecule has 0 atom stereocenters. The topological polar surface area (TPSA) is 33.4 Å². The van der Waals surface area contributed by atoms with E-state index in [0.717, 1.165) is 54.9 Å². The largest absolute Gasteiger partial charge is 0.308 e. The van der Waals surface area contributed by atoms with Gasteiger partial charge in [0.1, 0.15) is 0 Å². The lowest BCUT2D eigenvalue weighted by Crippen LogP contribution is -2.14. The molecule has 0 fully saturated rings.